The highest BCUT2D eigenvalue weighted by Gasteiger charge is 2.11. The van der Waals surface area contributed by atoms with Crippen molar-refractivity contribution in [3.63, 3.8) is 0 Å². The standard InChI is InChI=1S/C9H14N2OS/c1-3-4-5-6-8(12)9-7(2)10-11-13-9/h3-6H2,1-2H3. The summed E-state index contributed by atoms with van der Waals surface area (Å²) in [6.07, 6.45) is 3.88. The number of rotatable bonds is 5. The Labute approximate surface area is 82.3 Å². The van der Waals surface area contributed by atoms with E-state index in [-0.39, 0.29) is 5.78 Å². The lowest BCUT2D eigenvalue weighted by molar-refractivity contribution is 0.0982. The van der Waals surface area contributed by atoms with Crippen LogP contribution in [0.1, 0.15) is 48.0 Å². The zero-order chi connectivity index (χ0) is 9.68. The first kappa shape index (κ1) is 10.3. The van der Waals surface area contributed by atoms with Gasteiger partial charge in [-0.05, 0) is 24.9 Å². The molecule has 1 aromatic rings. The van der Waals surface area contributed by atoms with Crippen molar-refractivity contribution >= 4 is 17.3 Å². The third-order valence-electron chi connectivity index (χ3n) is 1.91. The van der Waals surface area contributed by atoms with Crippen LogP contribution in [0.5, 0.6) is 0 Å². The third-order valence-corrected chi connectivity index (χ3v) is 2.78. The van der Waals surface area contributed by atoms with Gasteiger partial charge in [0.2, 0.25) is 0 Å². The van der Waals surface area contributed by atoms with Gasteiger partial charge < -0.3 is 0 Å². The summed E-state index contributed by atoms with van der Waals surface area (Å²) in [6, 6.07) is 0. The molecule has 0 radical (unpaired) electrons. The van der Waals surface area contributed by atoms with Crippen molar-refractivity contribution in [3.05, 3.63) is 10.6 Å². The van der Waals surface area contributed by atoms with Crippen LogP contribution in [0.25, 0.3) is 0 Å². The van der Waals surface area contributed by atoms with Gasteiger partial charge in [0, 0.05) is 6.42 Å². The van der Waals surface area contributed by atoms with Gasteiger partial charge in [-0.25, -0.2) is 0 Å². The molecule has 0 saturated carbocycles. The Morgan fingerprint density at radius 2 is 2.23 bits per heavy atom. The molecule has 1 heterocycles. The predicted molar refractivity (Wildman–Crippen MR) is 53.1 cm³/mol. The Hall–Kier alpha value is -0.770. The minimum absolute atomic E-state index is 0.195. The second kappa shape index (κ2) is 5.07. The highest BCUT2D eigenvalue weighted by atomic mass is 32.1. The minimum atomic E-state index is 0.195. The van der Waals surface area contributed by atoms with Crippen LogP contribution in [0.3, 0.4) is 0 Å². The molecule has 0 N–H and O–H groups in total. The highest BCUT2D eigenvalue weighted by molar-refractivity contribution is 7.08. The lowest BCUT2D eigenvalue weighted by Crippen LogP contribution is -1.98. The first-order chi connectivity index (χ1) is 6.25. The van der Waals surface area contributed by atoms with Crippen LogP contribution in [0.4, 0.5) is 0 Å². The number of Topliss-reactive ketones (excluding diaryl/α,β-unsaturated/α-hetero) is 1. The van der Waals surface area contributed by atoms with E-state index in [1.807, 2.05) is 6.92 Å². The molecule has 0 aliphatic rings. The van der Waals surface area contributed by atoms with Crippen molar-refractivity contribution in [1.82, 2.24) is 9.59 Å². The number of aryl methyl sites for hydroxylation is 1. The second-order valence-electron chi connectivity index (χ2n) is 3.07. The Balaban J connectivity index is 2.45. The summed E-state index contributed by atoms with van der Waals surface area (Å²) < 4.78 is 3.74. The summed E-state index contributed by atoms with van der Waals surface area (Å²) in [6.45, 7) is 3.96. The van der Waals surface area contributed by atoms with Crippen molar-refractivity contribution in [2.24, 2.45) is 0 Å². The smallest absolute Gasteiger partial charge is 0.176 e. The quantitative estimate of drug-likeness (QED) is 0.539. The van der Waals surface area contributed by atoms with E-state index in [1.165, 1.54) is 11.5 Å². The molecular formula is C9H14N2OS. The van der Waals surface area contributed by atoms with Crippen molar-refractivity contribution in [2.45, 2.75) is 39.5 Å². The molecule has 0 unspecified atom stereocenters. The summed E-state index contributed by atoms with van der Waals surface area (Å²) in [5.74, 6) is 0.195. The summed E-state index contributed by atoms with van der Waals surface area (Å²) in [5.41, 5.74) is 0.770. The first-order valence-corrected chi connectivity index (χ1v) is 5.35. The second-order valence-corrected chi connectivity index (χ2v) is 3.82. The number of aromatic nitrogens is 2. The lowest BCUT2D eigenvalue weighted by Gasteiger charge is -1.96. The van der Waals surface area contributed by atoms with Crippen LogP contribution in [-0.2, 0) is 0 Å². The number of carbonyl (C=O) groups is 1. The van der Waals surface area contributed by atoms with E-state index in [0.29, 0.717) is 6.42 Å². The van der Waals surface area contributed by atoms with E-state index < -0.39 is 0 Å². The van der Waals surface area contributed by atoms with Crippen LogP contribution in [0.15, 0.2) is 0 Å². The number of nitrogens with zero attached hydrogens (tertiary/aromatic N) is 2. The largest absolute Gasteiger partial charge is 0.293 e. The van der Waals surface area contributed by atoms with Gasteiger partial charge in [0.05, 0.1) is 5.69 Å². The Bertz CT molecular complexity index is 283. The van der Waals surface area contributed by atoms with Gasteiger partial charge >= 0.3 is 0 Å². The van der Waals surface area contributed by atoms with E-state index >= 15 is 0 Å². The third kappa shape index (κ3) is 2.88. The van der Waals surface area contributed by atoms with Crippen molar-refractivity contribution in [2.75, 3.05) is 0 Å². The number of hydrogen-bond donors (Lipinski definition) is 0. The fraction of sp³-hybridized carbons (Fsp3) is 0.667. The van der Waals surface area contributed by atoms with E-state index in [1.54, 1.807) is 0 Å². The maximum absolute atomic E-state index is 11.5. The van der Waals surface area contributed by atoms with Gasteiger partial charge in [-0.2, -0.15) is 0 Å². The van der Waals surface area contributed by atoms with Crippen LogP contribution in [0, 0.1) is 6.92 Å². The first-order valence-electron chi connectivity index (χ1n) is 4.58. The molecule has 72 valence electrons. The molecule has 3 nitrogen and oxygen atoms in total. The maximum atomic E-state index is 11.5. The molecule has 4 heteroatoms. The normalized spacial score (nSPS) is 10.3. The molecule has 0 fully saturated rings. The molecule has 0 aliphatic carbocycles. The minimum Gasteiger partial charge on any atom is -0.293 e. The van der Waals surface area contributed by atoms with Crippen molar-refractivity contribution in [3.8, 4) is 0 Å². The average molecular weight is 198 g/mol. The van der Waals surface area contributed by atoms with Gasteiger partial charge in [-0.15, -0.1) is 5.10 Å². The monoisotopic (exact) mass is 198 g/mol. The molecule has 0 atom stereocenters. The Morgan fingerprint density at radius 3 is 2.77 bits per heavy atom. The Morgan fingerprint density at radius 1 is 1.46 bits per heavy atom. The van der Waals surface area contributed by atoms with Crippen LogP contribution in [0.2, 0.25) is 0 Å². The van der Waals surface area contributed by atoms with E-state index in [9.17, 15) is 4.79 Å². The molecule has 0 spiro atoms. The molecule has 0 amide bonds. The zero-order valence-electron chi connectivity index (χ0n) is 8.04. The summed E-state index contributed by atoms with van der Waals surface area (Å²) in [5, 5.41) is 3.81. The molecular weight excluding hydrogens is 184 g/mol. The molecule has 1 rings (SSSR count). The molecule has 0 bridgehead atoms. The van der Waals surface area contributed by atoms with Gasteiger partial charge in [0.25, 0.3) is 0 Å². The average Bonchev–Trinajstić information content (AvgIpc) is 2.52. The number of unbranched alkanes of at least 4 members (excludes halogenated alkanes) is 2. The predicted octanol–water partition coefficient (Wildman–Crippen LogP) is 2.61. The maximum Gasteiger partial charge on any atom is 0.176 e. The molecule has 0 aliphatic heterocycles. The van der Waals surface area contributed by atoms with Crippen molar-refractivity contribution in [1.29, 1.82) is 0 Å². The summed E-state index contributed by atoms with van der Waals surface area (Å²) in [7, 11) is 0. The van der Waals surface area contributed by atoms with E-state index in [0.717, 1.165) is 29.8 Å². The molecule has 0 aromatic carbocycles. The number of hydrogen-bond acceptors (Lipinski definition) is 4. The van der Waals surface area contributed by atoms with Crippen LogP contribution >= 0.6 is 11.5 Å². The topological polar surface area (TPSA) is 42.9 Å². The van der Waals surface area contributed by atoms with Gasteiger partial charge in [-0.3, -0.25) is 4.79 Å². The molecule has 13 heavy (non-hydrogen) atoms. The number of carbonyl (C=O) groups excluding carboxylic acids is 1. The van der Waals surface area contributed by atoms with Gasteiger partial charge in [0.1, 0.15) is 4.88 Å². The fourth-order valence-corrected chi connectivity index (χ4v) is 1.76. The molecule has 0 saturated heterocycles. The SMILES string of the molecule is CCCCCC(=O)c1snnc1C. The number of ketones is 1. The van der Waals surface area contributed by atoms with Gasteiger partial charge in [-0.1, -0.05) is 24.3 Å². The molecule has 1 aromatic heterocycles. The van der Waals surface area contributed by atoms with E-state index in [4.69, 9.17) is 0 Å². The van der Waals surface area contributed by atoms with Gasteiger partial charge in [0.15, 0.2) is 5.78 Å². The van der Waals surface area contributed by atoms with Crippen LogP contribution < -0.4 is 0 Å². The van der Waals surface area contributed by atoms with Crippen LogP contribution in [-0.4, -0.2) is 15.4 Å². The Kier molecular flexibility index (Phi) is 4.02. The van der Waals surface area contributed by atoms with Crippen molar-refractivity contribution < 1.29 is 4.79 Å². The highest BCUT2D eigenvalue weighted by Crippen LogP contribution is 2.13. The lowest BCUT2D eigenvalue weighted by atomic mass is 10.1. The summed E-state index contributed by atoms with van der Waals surface area (Å²) >= 11 is 1.21. The summed E-state index contributed by atoms with van der Waals surface area (Å²) in [4.78, 5) is 12.3. The van der Waals surface area contributed by atoms with E-state index in [2.05, 4.69) is 16.5 Å². The zero-order valence-corrected chi connectivity index (χ0v) is 8.86. The fourth-order valence-electron chi connectivity index (χ4n) is 1.14.